The van der Waals surface area contributed by atoms with Crippen LogP contribution in [0.1, 0.15) is 25.7 Å². The summed E-state index contributed by atoms with van der Waals surface area (Å²) in [5.41, 5.74) is 0. The predicted octanol–water partition coefficient (Wildman–Crippen LogP) is 1.87. The molecule has 0 amide bonds. The van der Waals surface area contributed by atoms with Gasteiger partial charge >= 0.3 is 0 Å². The van der Waals surface area contributed by atoms with Gasteiger partial charge in [0.15, 0.2) is 0 Å². The number of nitrogens with zero attached hydrogens (tertiary/aromatic N) is 1. The van der Waals surface area contributed by atoms with E-state index in [-0.39, 0.29) is 0 Å². The van der Waals surface area contributed by atoms with Crippen molar-refractivity contribution in [1.82, 2.24) is 4.90 Å². The summed E-state index contributed by atoms with van der Waals surface area (Å²) in [6.45, 7) is 1.95. The van der Waals surface area contributed by atoms with E-state index in [2.05, 4.69) is 4.90 Å². The maximum Gasteiger partial charge on any atom is 0.0589 e. The van der Waals surface area contributed by atoms with E-state index in [1.165, 1.54) is 25.7 Å². The van der Waals surface area contributed by atoms with Crippen molar-refractivity contribution >= 4 is 11.6 Å². The number of hydrogen-bond acceptors (Lipinski definition) is 2. The summed E-state index contributed by atoms with van der Waals surface area (Å²) in [4.78, 5) is 2.60. The molecule has 2 heterocycles. The maximum atomic E-state index is 6.19. The Hall–Kier alpha value is 0.210. The molecule has 0 radical (unpaired) electrons. The minimum Gasteiger partial charge on any atom is -0.383 e. The van der Waals surface area contributed by atoms with Crippen molar-refractivity contribution in [3.05, 3.63) is 0 Å². The SMILES string of the molecule is COCCN1C2CCC1CC(Cl)C2. The van der Waals surface area contributed by atoms with Gasteiger partial charge in [0.1, 0.15) is 0 Å². The van der Waals surface area contributed by atoms with Crippen LogP contribution < -0.4 is 0 Å². The molecule has 0 saturated carbocycles. The first kappa shape index (κ1) is 9.75. The average Bonchev–Trinajstić information content (AvgIpc) is 2.33. The summed E-state index contributed by atoms with van der Waals surface area (Å²) in [7, 11) is 1.77. The lowest BCUT2D eigenvalue weighted by atomic mass is 10.0. The lowest BCUT2D eigenvalue weighted by Crippen LogP contribution is -2.44. The topological polar surface area (TPSA) is 12.5 Å². The first-order chi connectivity index (χ1) is 6.31. The molecule has 0 aromatic heterocycles. The van der Waals surface area contributed by atoms with Gasteiger partial charge in [-0.25, -0.2) is 0 Å². The zero-order valence-corrected chi connectivity index (χ0v) is 8.96. The Morgan fingerprint density at radius 3 is 2.46 bits per heavy atom. The van der Waals surface area contributed by atoms with Gasteiger partial charge in [0.25, 0.3) is 0 Å². The Bertz CT molecular complexity index is 162. The smallest absolute Gasteiger partial charge is 0.0589 e. The van der Waals surface area contributed by atoms with Crippen LogP contribution in [0.3, 0.4) is 0 Å². The average molecular weight is 204 g/mol. The van der Waals surface area contributed by atoms with E-state index in [0.29, 0.717) is 5.38 Å². The number of methoxy groups -OCH3 is 1. The molecule has 2 saturated heterocycles. The molecule has 76 valence electrons. The molecule has 2 atom stereocenters. The van der Waals surface area contributed by atoms with Gasteiger partial charge in [0, 0.05) is 31.1 Å². The molecule has 0 aliphatic carbocycles. The molecule has 0 spiro atoms. The van der Waals surface area contributed by atoms with Crippen LogP contribution in [0.15, 0.2) is 0 Å². The van der Waals surface area contributed by atoms with Crippen LogP contribution in [0.4, 0.5) is 0 Å². The van der Waals surface area contributed by atoms with E-state index in [1.54, 1.807) is 7.11 Å². The lowest BCUT2D eigenvalue weighted by molar-refractivity contribution is 0.0921. The Morgan fingerprint density at radius 1 is 1.31 bits per heavy atom. The molecule has 3 heteroatoms. The summed E-state index contributed by atoms with van der Waals surface area (Å²) in [6, 6.07) is 1.49. The highest BCUT2D eigenvalue weighted by molar-refractivity contribution is 6.20. The number of piperidine rings is 1. The quantitative estimate of drug-likeness (QED) is 0.650. The summed E-state index contributed by atoms with van der Waals surface area (Å²) >= 11 is 6.19. The van der Waals surface area contributed by atoms with Gasteiger partial charge in [-0.05, 0) is 25.7 Å². The molecule has 0 aromatic rings. The van der Waals surface area contributed by atoms with Crippen molar-refractivity contribution in [1.29, 1.82) is 0 Å². The molecular formula is C10H18ClNO. The summed E-state index contributed by atoms with van der Waals surface area (Å²) in [5.74, 6) is 0. The first-order valence-corrected chi connectivity index (χ1v) is 5.63. The van der Waals surface area contributed by atoms with Gasteiger partial charge in [0.2, 0.25) is 0 Å². The van der Waals surface area contributed by atoms with Crippen LogP contribution in [0.25, 0.3) is 0 Å². The van der Waals surface area contributed by atoms with Crippen LogP contribution in [0, 0.1) is 0 Å². The molecule has 2 aliphatic heterocycles. The monoisotopic (exact) mass is 203 g/mol. The normalized spacial score (nSPS) is 39.7. The van der Waals surface area contributed by atoms with Gasteiger partial charge in [-0.3, -0.25) is 4.90 Å². The Morgan fingerprint density at radius 2 is 1.92 bits per heavy atom. The van der Waals surface area contributed by atoms with Crippen LogP contribution in [0.2, 0.25) is 0 Å². The summed E-state index contributed by atoms with van der Waals surface area (Å²) < 4.78 is 5.12. The standard InChI is InChI=1S/C10H18ClNO/c1-13-5-4-12-9-2-3-10(12)7-8(11)6-9/h8-10H,2-7H2,1H3. The van der Waals surface area contributed by atoms with Crippen LogP contribution in [-0.2, 0) is 4.74 Å². The fourth-order valence-corrected chi connectivity index (χ4v) is 3.18. The molecule has 0 N–H and O–H groups in total. The molecular weight excluding hydrogens is 186 g/mol. The fraction of sp³-hybridized carbons (Fsp3) is 1.00. The van der Waals surface area contributed by atoms with Crippen molar-refractivity contribution < 1.29 is 4.74 Å². The number of fused-ring (bicyclic) bond motifs is 2. The van der Waals surface area contributed by atoms with Crippen LogP contribution in [-0.4, -0.2) is 42.6 Å². The van der Waals surface area contributed by atoms with Crippen molar-refractivity contribution in [3.8, 4) is 0 Å². The van der Waals surface area contributed by atoms with E-state index in [0.717, 1.165) is 25.2 Å². The Balaban J connectivity index is 1.90. The maximum absolute atomic E-state index is 6.19. The number of rotatable bonds is 3. The summed E-state index contributed by atoms with van der Waals surface area (Å²) in [6.07, 6.45) is 5.05. The van der Waals surface area contributed by atoms with Gasteiger partial charge in [-0.1, -0.05) is 0 Å². The van der Waals surface area contributed by atoms with Gasteiger partial charge in [0.05, 0.1) is 6.61 Å². The third-order valence-electron chi connectivity index (χ3n) is 3.38. The molecule has 2 unspecified atom stereocenters. The molecule has 0 aromatic carbocycles. The second-order valence-corrected chi connectivity index (χ2v) is 4.80. The molecule has 2 bridgehead atoms. The van der Waals surface area contributed by atoms with Gasteiger partial charge in [-0.15, -0.1) is 11.6 Å². The molecule has 13 heavy (non-hydrogen) atoms. The second-order valence-electron chi connectivity index (χ2n) is 4.18. The number of halogens is 1. The van der Waals surface area contributed by atoms with Crippen molar-refractivity contribution in [2.75, 3.05) is 20.3 Å². The van der Waals surface area contributed by atoms with Crippen molar-refractivity contribution in [3.63, 3.8) is 0 Å². The highest BCUT2D eigenvalue weighted by Gasteiger charge is 2.39. The molecule has 2 rings (SSSR count). The third kappa shape index (κ3) is 2.00. The molecule has 2 aliphatic rings. The predicted molar refractivity (Wildman–Crippen MR) is 54.3 cm³/mol. The summed E-state index contributed by atoms with van der Waals surface area (Å²) in [5, 5.41) is 0.427. The van der Waals surface area contributed by atoms with Crippen molar-refractivity contribution in [2.45, 2.75) is 43.1 Å². The minimum absolute atomic E-state index is 0.427. The van der Waals surface area contributed by atoms with Gasteiger partial charge in [-0.2, -0.15) is 0 Å². The molecule has 2 fully saturated rings. The second kappa shape index (κ2) is 4.16. The van der Waals surface area contributed by atoms with Crippen LogP contribution in [0.5, 0.6) is 0 Å². The largest absolute Gasteiger partial charge is 0.383 e. The zero-order chi connectivity index (χ0) is 9.26. The first-order valence-electron chi connectivity index (χ1n) is 5.20. The highest BCUT2D eigenvalue weighted by Crippen LogP contribution is 2.37. The number of alkyl halides is 1. The number of hydrogen-bond donors (Lipinski definition) is 0. The van der Waals surface area contributed by atoms with Crippen LogP contribution >= 0.6 is 11.6 Å². The molecule has 2 nitrogen and oxygen atoms in total. The zero-order valence-electron chi connectivity index (χ0n) is 8.21. The van der Waals surface area contributed by atoms with E-state index < -0.39 is 0 Å². The van der Waals surface area contributed by atoms with Crippen molar-refractivity contribution in [2.24, 2.45) is 0 Å². The Labute approximate surface area is 85.2 Å². The lowest BCUT2D eigenvalue weighted by Gasteiger charge is -2.36. The third-order valence-corrected chi connectivity index (χ3v) is 3.74. The van der Waals surface area contributed by atoms with E-state index in [4.69, 9.17) is 16.3 Å². The van der Waals surface area contributed by atoms with E-state index in [9.17, 15) is 0 Å². The van der Waals surface area contributed by atoms with E-state index in [1.807, 2.05) is 0 Å². The van der Waals surface area contributed by atoms with Gasteiger partial charge < -0.3 is 4.74 Å². The van der Waals surface area contributed by atoms with E-state index >= 15 is 0 Å². The number of ether oxygens (including phenoxy) is 1. The minimum atomic E-state index is 0.427. The fourth-order valence-electron chi connectivity index (χ4n) is 2.77. The highest BCUT2D eigenvalue weighted by atomic mass is 35.5. The Kier molecular flexibility index (Phi) is 3.12.